The first-order chi connectivity index (χ1) is 9.97. The lowest BCUT2D eigenvalue weighted by Gasteiger charge is -2.08. The number of hydrogen-bond acceptors (Lipinski definition) is 4. The van der Waals surface area contributed by atoms with Crippen molar-refractivity contribution >= 4 is 31.9 Å². The van der Waals surface area contributed by atoms with Gasteiger partial charge in [-0.05, 0) is 30.3 Å². The van der Waals surface area contributed by atoms with Gasteiger partial charge in [0.25, 0.3) is 10.0 Å². The number of nitrogens with zero attached hydrogens (tertiary/aromatic N) is 1. The van der Waals surface area contributed by atoms with E-state index >= 15 is 0 Å². The van der Waals surface area contributed by atoms with Gasteiger partial charge in [-0.15, -0.1) is 0 Å². The fraction of sp³-hybridized carbons (Fsp3) is 0.333. The van der Waals surface area contributed by atoms with Crippen LogP contribution in [0, 0.1) is 0 Å². The van der Waals surface area contributed by atoms with Gasteiger partial charge in [-0.2, -0.15) is 8.78 Å². The molecule has 21 heavy (non-hydrogen) atoms. The van der Waals surface area contributed by atoms with Gasteiger partial charge in [-0.1, -0.05) is 16.7 Å². The molecule has 0 radical (unpaired) electrons. The minimum atomic E-state index is -3.77. The van der Waals surface area contributed by atoms with Crippen LogP contribution in [0.25, 0.3) is 0 Å². The van der Waals surface area contributed by atoms with Crippen LogP contribution >= 0.6 is 10.7 Å². The summed E-state index contributed by atoms with van der Waals surface area (Å²) in [5, 5.41) is 2.01. The molecule has 2 aliphatic rings. The van der Waals surface area contributed by atoms with Crippen molar-refractivity contribution in [2.45, 2.75) is 24.3 Å². The number of fused-ring (bicyclic) bond motifs is 1. The number of alkyl halides is 2. The fourth-order valence-corrected chi connectivity index (χ4v) is 5.09. The lowest BCUT2D eigenvalue weighted by molar-refractivity contribution is -0.0500. The van der Waals surface area contributed by atoms with Crippen LogP contribution in [0.15, 0.2) is 27.5 Å². The number of hydrogen-bond donors (Lipinski definition) is 1. The summed E-state index contributed by atoms with van der Waals surface area (Å²) in [4.78, 5) is -0.0813. The van der Waals surface area contributed by atoms with Gasteiger partial charge in [0.05, 0.1) is 5.56 Å². The molecular weight excluding hydrogens is 322 g/mol. The number of ether oxygens (including phenoxy) is 1. The Hall–Kier alpha value is -1.48. The van der Waals surface area contributed by atoms with Crippen molar-refractivity contribution < 1.29 is 21.9 Å². The van der Waals surface area contributed by atoms with E-state index in [1.807, 2.05) is 5.37 Å². The zero-order valence-electron chi connectivity index (χ0n) is 10.8. The molecule has 1 aromatic rings. The summed E-state index contributed by atoms with van der Waals surface area (Å²) >= 11 is 0. The summed E-state index contributed by atoms with van der Waals surface area (Å²) in [6.45, 7) is -3.03. The van der Waals surface area contributed by atoms with E-state index in [1.54, 1.807) is 0 Å². The van der Waals surface area contributed by atoms with Crippen LogP contribution in [-0.4, -0.2) is 32.0 Å². The Morgan fingerprint density at radius 3 is 2.86 bits per heavy atom. The first-order valence-corrected chi connectivity index (χ1v) is 9.10. The van der Waals surface area contributed by atoms with E-state index in [-0.39, 0.29) is 32.7 Å². The molecule has 0 fully saturated rings. The Kier molecular flexibility index (Phi) is 3.70. The Balaban J connectivity index is 2.13. The van der Waals surface area contributed by atoms with Crippen molar-refractivity contribution in [3.63, 3.8) is 0 Å². The summed E-state index contributed by atoms with van der Waals surface area (Å²) in [6, 6.07) is 4.02. The summed E-state index contributed by atoms with van der Waals surface area (Å²) < 4.78 is 60.1. The van der Waals surface area contributed by atoms with Gasteiger partial charge in [0.2, 0.25) is 0 Å². The summed E-state index contributed by atoms with van der Waals surface area (Å²) in [7, 11) is -4.16. The number of halogens is 2. The highest BCUT2D eigenvalue weighted by Crippen LogP contribution is 2.34. The molecule has 1 atom stereocenters. The fourth-order valence-electron chi connectivity index (χ4n) is 2.19. The second kappa shape index (κ2) is 5.38. The third-order valence-electron chi connectivity index (χ3n) is 3.04. The van der Waals surface area contributed by atoms with E-state index in [2.05, 4.69) is 13.9 Å². The third kappa shape index (κ3) is 2.80. The third-order valence-corrected chi connectivity index (χ3v) is 6.16. The van der Waals surface area contributed by atoms with Gasteiger partial charge in [0.15, 0.2) is 5.84 Å². The summed E-state index contributed by atoms with van der Waals surface area (Å²) in [6.07, 6.45) is 1.92. The van der Waals surface area contributed by atoms with E-state index in [1.165, 1.54) is 18.2 Å². The Bertz CT molecular complexity index is 745. The molecule has 1 unspecified atom stereocenters. The van der Waals surface area contributed by atoms with Crippen LogP contribution in [0.4, 0.5) is 8.78 Å². The monoisotopic (exact) mass is 334 g/mol. The minimum absolute atomic E-state index is 0.0813. The maximum absolute atomic E-state index is 12.5. The molecule has 3 rings (SSSR count). The number of rotatable bonds is 3. The predicted molar refractivity (Wildman–Crippen MR) is 77.7 cm³/mol. The SMILES string of the molecule is O=S1(=O)NC(=NS2=CCCC2)c2c(OC(F)F)cccc21. The highest BCUT2D eigenvalue weighted by Gasteiger charge is 2.34. The normalized spacial score (nSPS) is 24.7. The zero-order chi connectivity index (χ0) is 15.0. The highest BCUT2D eigenvalue weighted by molar-refractivity contribution is 8.14. The maximum Gasteiger partial charge on any atom is 0.387 e. The summed E-state index contributed by atoms with van der Waals surface area (Å²) in [5.74, 6) is 0.749. The van der Waals surface area contributed by atoms with Crippen molar-refractivity contribution in [2.75, 3.05) is 5.75 Å². The molecule has 1 aromatic carbocycles. The molecule has 114 valence electrons. The molecular formula is C12H12F2N2O3S2. The van der Waals surface area contributed by atoms with Gasteiger partial charge < -0.3 is 4.74 Å². The Labute approximate surface area is 123 Å². The molecule has 5 nitrogen and oxygen atoms in total. The zero-order valence-corrected chi connectivity index (χ0v) is 12.4. The van der Waals surface area contributed by atoms with Crippen LogP contribution in [0.1, 0.15) is 18.4 Å². The lowest BCUT2D eigenvalue weighted by Crippen LogP contribution is -2.22. The molecule has 0 amide bonds. The van der Waals surface area contributed by atoms with Crippen LogP contribution in [0.2, 0.25) is 0 Å². The van der Waals surface area contributed by atoms with E-state index < -0.39 is 16.6 Å². The first kappa shape index (κ1) is 14.5. The standard InChI is InChI=1S/C12H12F2N2O3S2/c13-12(14)19-8-4-3-5-9-10(8)11(16-21(9,17)18)15-20-6-1-2-7-20/h3-6,12H,1-2,7H2,(H,15,16). The molecule has 9 heteroatoms. The number of amidine groups is 1. The molecule has 0 saturated heterocycles. The quantitative estimate of drug-likeness (QED) is 0.861. The molecule has 0 aromatic heterocycles. The average molecular weight is 334 g/mol. The van der Waals surface area contributed by atoms with E-state index in [0.717, 1.165) is 18.6 Å². The van der Waals surface area contributed by atoms with Gasteiger partial charge in [0, 0.05) is 5.75 Å². The van der Waals surface area contributed by atoms with E-state index in [0.29, 0.717) is 0 Å². The van der Waals surface area contributed by atoms with Crippen LogP contribution in [-0.2, 0) is 10.0 Å². The second-order valence-corrected chi connectivity index (χ2v) is 7.84. The van der Waals surface area contributed by atoms with Crippen molar-refractivity contribution in [1.82, 2.24) is 4.72 Å². The van der Waals surface area contributed by atoms with Crippen molar-refractivity contribution in [3.05, 3.63) is 23.8 Å². The molecule has 2 heterocycles. The molecule has 2 aliphatic heterocycles. The van der Waals surface area contributed by atoms with Crippen LogP contribution in [0.3, 0.4) is 0 Å². The lowest BCUT2D eigenvalue weighted by atomic mass is 10.2. The van der Waals surface area contributed by atoms with Crippen molar-refractivity contribution in [3.8, 4) is 5.75 Å². The molecule has 0 bridgehead atoms. The molecule has 0 aliphatic carbocycles. The van der Waals surface area contributed by atoms with Gasteiger partial charge >= 0.3 is 6.61 Å². The number of sulfonamides is 1. The number of benzene rings is 1. The Morgan fingerprint density at radius 1 is 1.38 bits per heavy atom. The second-order valence-electron chi connectivity index (χ2n) is 4.47. The van der Waals surface area contributed by atoms with E-state index in [4.69, 9.17) is 0 Å². The summed E-state index contributed by atoms with van der Waals surface area (Å²) in [5.41, 5.74) is 0.0885. The minimum Gasteiger partial charge on any atom is -0.434 e. The van der Waals surface area contributed by atoms with Crippen LogP contribution < -0.4 is 9.46 Å². The number of nitrogens with one attached hydrogen (secondary N) is 1. The first-order valence-electron chi connectivity index (χ1n) is 6.20. The molecule has 1 N–H and O–H groups in total. The average Bonchev–Trinajstić information content (AvgIpc) is 2.97. The molecule has 0 spiro atoms. The predicted octanol–water partition coefficient (Wildman–Crippen LogP) is 2.11. The maximum atomic E-state index is 12.5. The smallest absolute Gasteiger partial charge is 0.387 e. The van der Waals surface area contributed by atoms with E-state index in [9.17, 15) is 17.2 Å². The Morgan fingerprint density at radius 2 is 2.19 bits per heavy atom. The van der Waals surface area contributed by atoms with Gasteiger partial charge in [-0.25, -0.2) is 12.8 Å². The van der Waals surface area contributed by atoms with Gasteiger partial charge in [-0.3, -0.25) is 4.72 Å². The van der Waals surface area contributed by atoms with Crippen molar-refractivity contribution in [1.29, 1.82) is 0 Å². The topological polar surface area (TPSA) is 67.8 Å². The highest BCUT2D eigenvalue weighted by atomic mass is 32.2. The largest absolute Gasteiger partial charge is 0.434 e. The van der Waals surface area contributed by atoms with Gasteiger partial charge in [0.1, 0.15) is 10.6 Å². The van der Waals surface area contributed by atoms with Crippen LogP contribution in [0.5, 0.6) is 5.75 Å². The molecule has 0 saturated carbocycles. The van der Waals surface area contributed by atoms with Crippen molar-refractivity contribution in [2.24, 2.45) is 4.40 Å².